The lowest BCUT2D eigenvalue weighted by Crippen LogP contribution is -2.30. The molecular formula is C14H17BrF3NO. The van der Waals surface area contributed by atoms with Gasteiger partial charge in [-0.3, -0.25) is 4.79 Å². The second-order valence-electron chi connectivity index (χ2n) is 5.12. The summed E-state index contributed by atoms with van der Waals surface area (Å²) in [5.74, 6) is 0.165. The first-order valence-corrected chi connectivity index (χ1v) is 7.07. The van der Waals surface area contributed by atoms with Crippen molar-refractivity contribution in [2.75, 3.05) is 6.54 Å². The molecule has 1 atom stereocenters. The topological polar surface area (TPSA) is 29.1 Å². The number of amides is 1. The Morgan fingerprint density at radius 2 is 1.90 bits per heavy atom. The molecule has 0 fully saturated rings. The van der Waals surface area contributed by atoms with Crippen LogP contribution in [0.1, 0.15) is 36.7 Å². The third-order valence-electron chi connectivity index (χ3n) is 3.26. The molecular weight excluding hydrogens is 335 g/mol. The standard InChI is InChI=1S/C14H17BrF3NO/c1-8(2)9(3)7-19-13(20)10-4-5-12(15)11(6-10)14(16,17)18/h4-6,8-9H,7H2,1-3H3,(H,19,20). The molecule has 0 aliphatic carbocycles. The first-order chi connectivity index (χ1) is 9.12. The van der Waals surface area contributed by atoms with Gasteiger partial charge < -0.3 is 5.32 Å². The number of hydrogen-bond donors (Lipinski definition) is 1. The molecule has 0 aliphatic heterocycles. The van der Waals surface area contributed by atoms with Crippen LogP contribution in [0.3, 0.4) is 0 Å². The number of rotatable bonds is 4. The first-order valence-electron chi connectivity index (χ1n) is 6.28. The SMILES string of the molecule is CC(C)C(C)CNC(=O)c1ccc(Br)c(C(F)(F)F)c1. The zero-order chi connectivity index (χ0) is 15.5. The minimum Gasteiger partial charge on any atom is -0.352 e. The average molecular weight is 352 g/mol. The molecule has 1 unspecified atom stereocenters. The van der Waals surface area contributed by atoms with E-state index in [9.17, 15) is 18.0 Å². The first kappa shape index (κ1) is 17.0. The molecule has 1 N–H and O–H groups in total. The summed E-state index contributed by atoms with van der Waals surface area (Å²) < 4.78 is 38.2. The Morgan fingerprint density at radius 1 is 1.30 bits per heavy atom. The Morgan fingerprint density at radius 3 is 2.40 bits per heavy atom. The molecule has 1 aromatic carbocycles. The Bertz CT molecular complexity index is 486. The third kappa shape index (κ3) is 4.51. The summed E-state index contributed by atoms with van der Waals surface area (Å²) in [4.78, 5) is 11.9. The van der Waals surface area contributed by atoms with E-state index in [0.717, 1.165) is 6.07 Å². The van der Waals surface area contributed by atoms with Crippen molar-refractivity contribution in [3.8, 4) is 0 Å². The minimum atomic E-state index is -4.49. The van der Waals surface area contributed by atoms with Gasteiger partial charge in [0.05, 0.1) is 5.56 Å². The van der Waals surface area contributed by atoms with Crippen molar-refractivity contribution in [3.63, 3.8) is 0 Å². The highest BCUT2D eigenvalue weighted by atomic mass is 79.9. The number of benzene rings is 1. The molecule has 0 spiro atoms. The molecule has 2 nitrogen and oxygen atoms in total. The number of halogens is 4. The molecule has 20 heavy (non-hydrogen) atoms. The van der Waals surface area contributed by atoms with Crippen LogP contribution < -0.4 is 5.32 Å². The van der Waals surface area contributed by atoms with E-state index >= 15 is 0 Å². The molecule has 1 aromatic rings. The van der Waals surface area contributed by atoms with Gasteiger partial charge in [0.2, 0.25) is 0 Å². The van der Waals surface area contributed by atoms with Crippen molar-refractivity contribution in [3.05, 3.63) is 33.8 Å². The van der Waals surface area contributed by atoms with Crippen molar-refractivity contribution in [2.24, 2.45) is 11.8 Å². The molecule has 0 bridgehead atoms. The van der Waals surface area contributed by atoms with Gasteiger partial charge in [-0.2, -0.15) is 13.2 Å². The summed E-state index contributed by atoms with van der Waals surface area (Å²) in [6.07, 6.45) is -4.49. The fraction of sp³-hybridized carbons (Fsp3) is 0.500. The van der Waals surface area contributed by atoms with Crippen molar-refractivity contribution in [1.29, 1.82) is 0 Å². The van der Waals surface area contributed by atoms with E-state index in [1.165, 1.54) is 12.1 Å². The molecule has 6 heteroatoms. The number of carbonyl (C=O) groups is 1. The summed E-state index contributed by atoms with van der Waals surface area (Å²) in [6, 6.07) is 3.47. The normalized spacial score (nSPS) is 13.4. The fourth-order valence-corrected chi connectivity index (χ4v) is 1.95. The maximum absolute atomic E-state index is 12.8. The van der Waals surface area contributed by atoms with Crippen molar-refractivity contribution < 1.29 is 18.0 Å². The Balaban J connectivity index is 2.85. The average Bonchev–Trinajstić information content (AvgIpc) is 2.34. The molecule has 1 rings (SSSR count). The zero-order valence-electron chi connectivity index (χ0n) is 11.5. The van der Waals surface area contributed by atoms with Crippen LogP contribution in [0.5, 0.6) is 0 Å². The number of nitrogens with one attached hydrogen (secondary N) is 1. The van der Waals surface area contributed by atoms with Crippen LogP contribution in [0.25, 0.3) is 0 Å². The van der Waals surface area contributed by atoms with Gasteiger partial charge in [0.25, 0.3) is 5.91 Å². The van der Waals surface area contributed by atoms with Gasteiger partial charge in [0, 0.05) is 16.6 Å². The third-order valence-corrected chi connectivity index (χ3v) is 3.95. The van der Waals surface area contributed by atoms with Gasteiger partial charge in [-0.05, 0) is 30.0 Å². The lowest BCUT2D eigenvalue weighted by atomic mass is 9.98. The predicted molar refractivity (Wildman–Crippen MR) is 75.5 cm³/mol. The smallest absolute Gasteiger partial charge is 0.352 e. The molecule has 0 aliphatic rings. The Labute approximate surface area is 124 Å². The molecule has 112 valence electrons. The van der Waals surface area contributed by atoms with Gasteiger partial charge in [0.15, 0.2) is 0 Å². The minimum absolute atomic E-state index is 0.0106. The van der Waals surface area contributed by atoms with Gasteiger partial charge in [-0.1, -0.05) is 36.7 Å². The van der Waals surface area contributed by atoms with E-state index in [-0.39, 0.29) is 16.0 Å². The lowest BCUT2D eigenvalue weighted by Gasteiger charge is -2.16. The lowest BCUT2D eigenvalue weighted by molar-refractivity contribution is -0.138. The Kier molecular flexibility index (Phi) is 5.62. The van der Waals surface area contributed by atoms with Gasteiger partial charge >= 0.3 is 6.18 Å². The highest BCUT2D eigenvalue weighted by molar-refractivity contribution is 9.10. The van der Waals surface area contributed by atoms with Crippen molar-refractivity contribution in [2.45, 2.75) is 26.9 Å². The van der Waals surface area contributed by atoms with Gasteiger partial charge in [-0.15, -0.1) is 0 Å². The summed E-state index contributed by atoms with van der Waals surface area (Å²) in [5, 5.41) is 2.66. The highest BCUT2D eigenvalue weighted by Gasteiger charge is 2.33. The molecule has 0 saturated heterocycles. The van der Waals surface area contributed by atoms with Gasteiger partial charge in [-0.25, -0.2) is 0 Å². The molecule has 0 aromatic heterocycles. The van der Waals surface area contributed by atoms with E-state index in [4.69, 9.17) is 0 Å². The highest BCUT2D eigenvalue weighted by Crippen LogP contribution is 2.35. The summed E-state index contributed by atoms with van der Waals surface area (Å²) >= 11 is 2.84. The summed E-state index contributed by atoms with van der Waals surface area (Å²) in [6.45, 7) is 6.47. The monoisotopic (exact) mass is 351 g/mol. The van der Waals surface area contributed by atoms with Crippen LogP contribution in [0.2, 0.25) is 0 Å². The number of alkyl halides is 3. The quantitative estimate of drug-likeness (QED) is 0.850. The second kappa shape index (κ2) is 6.61. The zero-order valence-corrected chi connectivity index (χ0v) is 13.1. The maximum atomic E-state index is 12.8. The summed E-state index contributed by atoms with van der Waals surface area (Å²) in [5.41, 5.74) is -0.835. The molecule has 1 amide bonds. The van der Waals surface area contributed by atoms with E-state index in [1.54, 1.807) is 0 Å². The van der Waals surface area contributed by atoms with Crippen LogP contribution in [0.15, 0.2) is 22.7 Å². The summed E-state index contributed by atoms with van der Waals surface area (Å²) in [7, 11) is 0. The maximum Gasteiger partial charge on any atom is 0.417 e. The van der Waals surface area contributed by atoms with E-state index in [2.05, 4.69) is 21.2 Å². The van der Waals surface area contributed by atoms with E-state index in [1.807, 2.05) is 20.8 Å². The fourth-order valence-electron chi connectivity index (χ4n) is 1.48. The largest absolute Gasteiger partial charge is 0.417 e. The van der Waals surface area contributed by atoms with Crippen LogP contribution in [-0.2, 0) is 6.18 Å². The van der Waals surface area contributed by atoms with Crippen LogP contribution in [0.4, 0.5) is 13.2 Å². The number of carbonyl (C=O) groups excluding carboxylic acids is 1. The van der Waals surface area contributed by atoms with E-state index < -0.39 is 17.6 Å². The van der Waals surface area contributed by atoms with Crippen molar-refractivity contribution in [1.82, 2.24) is 5.32 Å². The second-order valence-corrected chi connectivity index (χ2v) is 5.98. The van der Waals surface area contributed by atoms with Gasteiger partial charge in [0.1, 0.15) is 0 Å². The predicted octanol–water partition coefficient (Wildman–Crippen LogP) is 4.49. The Hall–Kier alpha value is -1.04. The number of hydrogen-bond acceptors (Lipinski definition) is 1. The molecule has 0 saturated carbocycles. The van der Waals surface area contributed by atoms with E-state index in [0.29, 0.717) is 12.5 Å². The van der Waals surface area contributed by atoms with Crippen LogP contribution >= 0.6 is 15.9 Å². The van der Waals surface area contributed by atoms with Crippen molar-refractivity contribution >= 4 is 21.8 Å². The van der Waals surface area contributed by atoms with Crippen LogP contribution in [-0.4, -0.2) is 12.5 Å². The molecule has 0 heterocycles. The molecule has 0 radical (unpaired) electrons. The van der Waals surface area contributed by atoms with Crippen LogP contribution in [0, 0.1) is 11.8 Å².